The molecular weight excluding hydrogens is 649 g/mol. The molecule has 3 aliphatic rings. The van der Waals surface area contributed by atoms with Crippen molar-refractivity contribution < 1.29 is 19.2 Å². The summed E-state index contributed by atoms with van der Waals surface area (Å²) in [6.45, 7) is 14.9. The van der Waals surface area contributed by atoms with Crippen LogP contribution in [0.2, 0.25) is 0 Å². The summed E-state index contributed by atoms with van der Waals surface area (Å²) in [7, 11) is 2.71. The Labute approximate surface area is 272 Å². The summed E-state index contributed by atoms with van der Waals surface area (Å²) < 4.78 is 4.44. The zero-order chi connectivity index (χ0) is 32.3. The lowest BCUT2D eigenvalue weighted by molar-refractivity contribution is -0.138. The molecule has 0 atom stereocenters. The van der Waals surface area contributed by atoms with E-state index < -0.39 is 23.6 Å². The minimum absolute atomic E-state index is 0.0862. The van der Waals surface area contributed by atoms with Gasteiger partial charge in [-0.25, -0.2) is 14.8 Å². The third kappa shape index (κ3) is 3.87. The van der Waals surface area contributed by atoms with Gasteiger partial charge in [0.1, 0.15) is 33.1 Å². The topological polar surface area (TPSA) is 128 Å². The van der Waals surface area contributed by atoms with Crippen LogP contribution in [0.15, 0.2) is 44.5 Å². The number of carbonyl (C=O) groups excluding carboxylic acids is 4. The number of nitriles is 1. The van der Waals surface area contributed by atoms with Crippen LogP contribution in [0.3, 0.4) is 0 Å². The summed E-state index contributed by atoms with van der Waals surface area (Å²) in [6, 6.07) is 5.85. The highest BCUT2D eigenvalue weighted by molar-refractivity contribution is 7.41. The molecule has 2 aliphatic heterocycles. The number of hydrogen-bond acceptors (Lipinski definition) is 11. The third-order valence-corrected chi connectivity index (χ3v) is 13.3. The van der Waals surface area contributed by atoms with Crippen LogP contribution in [0.5, 0.6) is 0 Å². The van der Waals surface area contributed by atoms with E-state index in [0.29, 0.717) is 10.0 Å². The number of thiophene rings is 4. The Morgan fingerprint density at radius 1 is 0.800 bits per heavy atom. The van der Waals surface area contributed by atoms with Gasteiger partial charge in [0.25, 0.3) is 29.3 Å². The van der Waals surface area contributed by atoms with E-state index in [1.807, 2.05) is 18.2 Å². The summed E-state index contributed by atoms with van der Waals surface area (Å²) in [4.78, 5) is 67.2. The Bertz CT molecular complexity index is 2360. The van der Waals surface area contributed by atoms with Crippen LogP contribution in [0.1, 0.15) is 38.8 Å². The van der Waals surface area contributed by atoms with Crippen molar-refractivity contribution in [2.24, 2.45) is 9.98 Å². The van der Waals surface area contributed by atoms with Gasteiger partial charge in [-0.3, -0.25) is 29.0 Å². The molecular formula is C31H20N6O4S4. The second-order valence-electron chi connectivity index (χ2n) is 11.3. The fourth-order valence-electron chi connectivity index (χ4n) is 5.80. The molecule has 222 valence electrons. The molecule has 4 amide bonds. The number of aliphatic imine (C=N–C) groups is 2. The SMILES string of the molecule is [C-]#[N+]C1=C(C)C(=Nc2cc3sc4c5c(sc4c3s2)-c2sc(N=C3C(=O)N(C)C(=O)C(C#N)=C3C)cc2C5(C)C)C(=O)N(C)C1=O. The van der Waals surface area contributed by atoms with Crippen molar-refractivity contribution in [2.75, 3.05) is 14.1 Å². The Balaban J connectivity index is 1.32. The average Bonchev–Trinajstić information content (AvgIpc) is 3.78. The maximum atomic E-state index is 12.9. The predicted octanol–water partition coefficient (Wildman–Crippen LogP) is 6.72. The van der Waals surface area contributed by atoms with E-state index in [1.165, 1.54) is 47.0 Å². The molecule has 0 N–H and O–H groups in total. The van der Waals surface area contributed by atoms with Gasteiger partial charge in [0.2, 0.25) is 0 Å². The highest BCUT2D eigenvalue weighted by Gasteiger charge is 2.42. The maximum Gasteiger partial charge on any atom is 0.279 e. The summed E-state index contributed by atoms with van der Waals surface area (Å²) in [5, 5.41) is 10.7. The number of likely N-dealkylation sites (N-methyl/N-ethyl adjacent to an activating group) is 2. The number of amides is 4. The zero-order valence-corrected chi connectivity index (χ0v) is 27.9. The van der Waals surface area contributed by atoms with Gasteiger partial charge in [0, 0.05) is 29.8 Å². The van der Waals surface area contributed by atoms with Crippen molar-refractivity contribution in [3.63, 3.8) is 0 Å². The second-order valence-corrected chi connectivity index (χ2v) is 15.4. The highest BCUT2D eigenvalue weighted by atomic mass is 32.1. The molecule has 0 bridgehead atoms. The van der Waals surface area contributed by atoms with Crippen LogP contribution < -0.4 is 0 Å². The molecule has 7 rings (SSSR count). The van der Waals surface area contributed by atoms with Crippen LogP contribution in [0.25, 0.3) is 33.4 Å². The normalized spacial score (nSPS) is 19.9. The fraction of sp³-hybridized carbons (Fsp3) is 0.226. The monoisotopic (exact) mass is 668 g/mol. The number of nitrogens with zero attached hydrogens (tertiary/aromatic N) is 6. The molecule has 0 saturated carbocycles. The maximum absolute atomic E-state index is 12.9. The minimum atomic E-state index is -0.626. The Hall–Kier alpha value is -4.60. The van der Waals surface area contributed by atoms with E-state index >= 15 is 0 Å². The quantitative estimate of drug-likeness (QED) is 0.173. The molecule has 0 fully saturated rings. The summed E-state index contributed by atoms with van der Waals surface area (Å²) in [5.74, 6) is -2.31. The van der Waals surface area contributed by atoms with E-state index in [4.69, 9.17) is 6.57 Å². The first-order valence-electron chi connectivity index (χ1n) is 13.5. The van der Waals surface area contributed by atoms with Crippen molar-refractivity contribution >= 4 is 109 Å². The van der Waals surface area contributed by atoms with Crippen molar-refractivity contribution in [1.29, 1.82) is 5.26 Å². The molecule has 0 unspecified atom stereocenters. The van der Waals surface area contributed by atoms with E-state index in [2.05, 4.69) is 28.7 Å². The first kappa shape index (κ1) is 29.1. The molecule has 4 aromatic rings. The van der Waals surface area contributed by atoms with E-state index in [1.54, 1.807) is 36.5 Å². The molecule has 6 heterocycles. The molecule has 14 heteroatoms. The van der Waals surface area contributed by atoms with Gasteiger partial charge in [-0.15, -0.1) is 45.3 Å². The third-order valence-electron chi connectivity index (χ3n) is 8.34. The smallest absolute Gasteiger partial charge is 0.279 e. The van der Waals surface area contributed by atoms with Gasteiger partial charge >= 0.3 is 0 Å². The van der Waals surface area contributed by atoms with Crippen molar-refractivity contribution in [3.05, 3.63) is 57.1 Å². The van der Waals surface area contributed by atoms with E-state index in [0.717, 1.165) is 39.2 Å². The average molecular weight is 669 g/mol. The van der Waals surface area contributed by atoms with Crippen LogP contribution in [0, 0.1) is 17.9 Å². The molecule has 0 saturated heterocycles. The largest absolute Gasteiger partial charge is 0.286 e. The number of fused-ring (bicyclic) bond motifs is 7. The van der Waals surface area contributed by atoms with Crippen molar-refractivity contribution in [3.8, 4) is 15.8 Å². The molecule has 10 nitrogen and oxygen atoms in total. The van der Waals surface area contributed by atoms with Crippen LogP contribution in [-0.2, 0) is 24.6 Å². The number of hydrogen-bond donors (Lipinski definition) is 0. The van der Waals surface area contributed by atoms with Crippen molar-refractivity contribution in [1.82, 2.24) is 9.80 Å². The summed E-state index contributed by atoms with van der Waals surface area (Å²) in [6.07, 6.45) is 0. The zero-order valence-electron chi connectivity index (χ0n) is 24.6. The van der Waals surface area contributed by atoms with Crippen molar-refractivity contribution in [2.45, 2.75) is 33.1 Å². The lowest BCUT2D eigenvalue weighted by Crippen LogP contribution is -2.44. The van der Waals surface area contributed by atoms with Crippen LogP contribution in [0.4, 0.5) is 10.0 Å². The number of rotatable bonds is 2. The van der Waals surface area contributed by atoms with Gasteiger partial charge in [0.15, 0.2) is 0 Å². The first-order chi connectivity index (χ1) is 21.3. The lowest BCUT2D eigenvalue weighted by Gasteiger charge is -2.22. The number of carbonyl (C=O) groups is 4. The van der Waals surface area contributed by atoms with Gasteiger partial charge < -0.3 is 0 Å². The highest BCUT2D eigenvalue weighted by Crippen LogP contribution is 2.62. The van der Waals surface area contributed by atoms with Gasteiger partial charge in [-0.1, -0.05) is 13.8 Å². The van der Waals surface area contributed by atoms with E-state index in [9.17, 15) is 24.4 Å². The minimum Gasteiger partial charge on any atom is -0.286 e. The van der Waals surface area contributed by atoms with Crippen LogP contribution >= 0.6 is 45.3 Å². The molecule has 0 spiro atoms. The molecule has 45 heavy (non-hydrogen) atoms. The molecule has 1 aliphatic carbocycles. The molecule has 0 aromatic carbocycles. The predicted molar refractivity (Wildman–Crippen MR) is 178 cm³/mol. The fourth-order valence-corrected chi connectivity index (χ4v) is 11.6. The molecule has 4 aromatic heterocycles. The Kier molecular flexibility index (Phi) is 6.28. The number of imide groups is 2. The Morgan fingerprint density at radius 3 is 2.07 bits per heavy atom. The van der Waals surface area contributed by atoms with Gasteiger partial charge in [-0.2, -0.15) is 5.26 Å². The van der Waals surface area contributed by atoms with Gasteiger partial charge in [-0.05, 0) is 42.7 Å². The van der Waals surface area contributed by atoms with Gasteiger partial charge in [0.05, 0.1) is 30.4 Å². The van der Waals surface area contributed by atoms with E-state index in [-0.39, 0.29) is 39.3 Å². The summed E-state index contributed by atoms with van der Waals surface area (Å²) in [5.41, 5.74) is 2.59. The van der Waals surface area contributed by atoms with Crippen LogP contribution in [-0.4, -0.2) is 58.9 Å². The first-order valence-corrected chi connectivity index (χ1v) is 16.7. The second kappa shape index (κ2) is 9.70. The Morgan fingerprint density at radius 2 is 1.42 bits per heavy atom. The molecule has 0 radical (unpaired) electrons. The summed E-state index contributed by atoms with van der Waals surface area (Å²) >= 11 is 6.32. The standard InChI is InChI=1S/C31H20N6O4S4/c1-11-13(10-32)27(38)36(6)29(40)20(11)34-16-8-14-22(43-16)24-18(31(14,3)4)25-26(45-24)23-15(42-25)9-17(44-23)35-21-12(2)19(33-5)28(39)37(7)30(21)41/h8-9H,1-4,6-7H3. The lowest BCUT2D eigenvalue weighted by atomic mass is 9.84.